The molecule has 2 N–H and O–H groups in total. The maximum absolute atomic E-state index is 12.4. The average Bonchev–Trinajstić information content (AvgIpc) is 3.02. The Labute approximate surface area is 141 Å². The standard InChI is InChI=1S/C16H17N5O4/c1-3-11(14-17-9(2)25-20-14)18-13(22)8-21-15(23)10-6-4-5-7-12(10)19-16(21)24/h4-7,11H,3,8H2,1-2H3,(H,18,22)(H,19,24). The van der Waals surface area contributed by atoms with Gasteiger partial charge in [0.05, 0.1) is 16.9 Å². The third-order valence-electron chi connectivity index (χ3n) is 3.79. The van der Waals surface area contributed by atoms with Crippen molar-refractivity contribution in [1.29, 1.82) is 0 Å². The number of H-pyrrole nitrogens is 1. The number of amides is 1. The molecule has 0 fully saturated rings. The average molecular weight is 343 g/mol. The van der Waals surface area contributed by atoms with Gasteiger partial charge in [0.25, 0.3) is 5.56 Å². The first kappa shape index (κ1) is 16.6. The lowest BCUT2D eigenvalue weighted by Gasteiger charge is -2.13. The summed E-state index contributed by atoms with van der Waals surface area (Å²) in [5.41, 5.74) is -0.719. The van der Waals surface area contributed by atoms with E-state index in [1.54, 1.807) is 31.2 Å². The molecule has 1 unspecified atom stereocenters. The SMILES string of the molecule is CCC(NC(=O)Cn1c(=O)[nH]c2ccccc2c1=O)c1noc(C)n1. The van der Waals surface area contributed by atoms with E-state index in [0.717, 1.165) is 4.57 Å². The second-order valence-electron chi connectivity index (χ2n) is 5.57. The predicted molar refractivity (Wildman–Crippen MR) is 89.0 cm³/mol. The summed E-state index contributed by atoms with van der Waals surface area (Å²) in [6.07, 6.45) is 0.535. The van der Waals surface area contributed by atoms with Crippen molar-refractivity contribution < 1.29 is 9.32 Å². The predicted octanol–water partition coefficient (Wildman–Crippen LogP) is 0.649. The molecule has 9 nitrogen and oxygen atoms in total. The summed E-state index contributed by atoms with van der Waals surface area (Å²) in [7, 11) is 0. The fraction of sp³-hybridized carbons (Fsp3) is 0.312. The minimum absolute atomic E-state index is 0.343. The van der Waals surface area contributed by atoms with Crippen molar-refractivity contribution in [3.8, 4) is 0 Å². The summed E-state index contributed by atoms with van der Waals surface area (Å²) in [5, 5.41) is 6.84. The Kier molecular flexibility index (Phi) is 4.46. The van der Waals surface area contributed by atoms with Crippen LogP contribution in [0.5, 0.6) is 0 Å². The fourth-order valence-electron chi connectivity index (χ4n) is 2.53. The summed E-state index contributed by atoms with van der Waals surface area (Å²) in [4.78, 5) is 43.5. The van der Waals surface area contributed by atoms with Crippen molar-refractivity contribution in [2.45, 2.75) is 32.9 Å². The molecule has 0 saturated carbocycles. The van der Waals surface area contributed by atoms with E-state index < -0.39 is 29.7 Å². The molecule has 0 aliphatic heterocycles. The van der Waals surface area contributed by atoms with Gasteiger partial charge >= 0.3 is 5.69 Å². The summed E-state index contributed by atoms with van der Waals surface area (Å²) in [6.45, 7) is 3.11. The molecule has 0 aliphatic carbocycles. The molecule has 0 aliphatic rings. The molecule has 2 aromatic heterocycles. The normalized spacial score (nSPS) is 12.2. The maximum atomic E-state index is 12.4. The van der Waals surface area contributed by atoms with Crippen LogP contribution < -0.4 is 16.6 Å². The number of rotatable bonds is 5. The monoisotopic (exact) mass is 343 g/mol. The number of hydrogen-bond donors (Lipinski definition) is 2. The molecule has 0 spiro atoms. The topological polar surface area (TPSA) is 123 Å². The van der Waals surface area contributed by atoms with Crippen molar-refractivity contribution in [2.24, 2.45) is 0 Å². The van der Waals surface area contributed by atoms with Gasteiger partial charge in [0, 0.05) is 6.92 Å². The van der Waals surface area contributed by atoms with Gasteiger partial charge in [-0.15, -0.1) is 0 Å². The largest absolute Gasteiger partial charge is 0.344 e. The highest BCUT2D eigenvalue weighted by atomic mass is 16.5. The smallest absolute Gasteiger partial charge is 0.329 e. The Morgan fingerprint density at radius 3 is 2.80 bits per heavy atom. The van der Waals surface area contributed by atoms with E-state index in [9.17, 15) is 14.4 Å². The molecule has 0 bridgehead atoms. The van der Waals surface area contributed by atoms with Crippen LogP contribution in [0.1, 0.15) is 31.1 Å². The number of benzene rings is 1. The molecule has 1 amide bonds. The Bertz CT molecular complexity index is 1030. The van der Waals surface area contributed by atoms with Gasteiger partial charge in [0.15, 0.2) is 5.82 Å². The number of para-hydroxylation sites is 1. The van der Waals surface area contributed by atoms with Crippen LogP contribution in [0.3, 0.4) is 0 Å². The molecule has 1 aromatic carbocycles. The Morgan fingerprint density at radius 1 is 1.36 bits per heavy atom. The van der Waals surface area contributed by atoms with Crippen molar-refractivity contribution in [3.63, 3.8) is 0 Å². The van der Waals surface area contributed by atoms with Gasteiger partial charge in [-0.2, -0.15) is 4.98 Å². The number of aromatic nitrogens is 4. The molecule has 3 aromatic rings. The van der Waals surface area contributed by atoms with E-state index >= 15 is 0 Å². The summed E-state index contributed by atoms with van der Waals surface area (Å²) >= 11 is 0. The highest BCUT2D eigenvalue weighted by molar-refractivity contribution is 5.79. The van der Waals surface area contributed by atoms with E-state index in [2.05, 4.69) is 20.4 Å². The van der Waals surface area contributed by atoms with Gasteiger partial charge in [0.2, 0.25) is 11.8 Å². The summed E-state index contributed by atoms with van der Waals surface area (Å²) < 4.78 is 5.78. The van der Waals surface area contributed by atoms with Gasteiger partial charge in [-0.1, -0.05) is 24.2 Å². The molecule has 9 heteroatoms. The lowest BCUT2D eigenvalue weighted by atomic mass is 10.2. The second-order valence-corrected chi connectivity index (χ2v) is 5.57. The molecular weight excluding hydrogens is 326 g/mol. The highest BCUT2D eigenvalue weighted by Gasteiger charge is 2.19. The lowest BCUT2D eigenvalue weighted by Crippen LogP contribution is -2.41. The molecular formula is C16H17N5O4. The van der Waals surface area contributed by atoms with E-state index in [-0.39, 0.29) is 0 Å². The van der Waals surface area contributed by atoms with Gasteiger partial charge in [-0.05, 0) is 18.6 Å². The number of carbonyl (C=O) groups is 1. The fourth-order valence-corrected chi connectivity index (χ4v) is 2.53. The zero-order chi connectivity index (χ0) is 18.0. The Morgan fingerprint density at radius 2 is 2.12 bits per heavy atom. The van der Waals surface area contributed by atoms with Crippen molar-refractivity contribution in [3.05, 3.63) is 56.8 Å². The van der Waals surface area contributed by atoms with Crippen LogP contribution in [0.25, 0.3) is 10.9 Å². The van der Waals surface area contributed by atoms with Gasteiger partial charge in [-0.3, -0.25) is 14.2 Å². The number of nitrogens with zero attached hydrogens (tertiary/aromatic N) is 3. The molecule has 3 rings (SSSR count). The van der Waals surface area contributed by atoms with Crippen molar-refractivity contribution >= 4 is 16.8 Å². The van der Waals surface area contributed by atoms with Crippen LogP contribution in [0.4, 0.5) is 0 Å². The Balaban J connectivity index is 1.84. The van der Waals surface area contributed by atoms with Gasteiger partial charge in [-0.25, -0.2) is 4.79 Å². The van der Waals surface area contributed by atoms with Crippen molar-refractivity contribution in [2.75, 3.05) is 0 Å². The lowest BCUT2D eigenvalue weighted by molar-refractivity contribution is -0.122. The quantitative estimate of drug-likeness (QED) is 0.701. The number of fused-ring (bicyclic) bond motifs is 1. The zero-order valence-electron chi connectivity index (χ0n) is 13.8. The minimum Gasteiger partial charge on any atom is -0.344 e. The first-order valence-corrected chi connectivity index (χ1v) is 7.81. The van der Waals surface area contributed by atoms with E-state index in [0.29, 0.717) is 29.0 Å². The first-order chi connectivity index (χ1) is 12.0. The molecule has 1 atom stereocenters. The third-order valence-corrected chi connectivity index (χ3v) is 3.79. The van der Waals surface area contributed by atoms with E-state index in [1.807, 2.05) is 6.92 Å². The van der Waals surface area contributed by atoms with Gasteiger partial charge in [0.1, 0.15) is 6.54 Å². The third kappa shape index (κ3) is 3.35. The van der Waals surface area contributed by atoms with Crippen LogP contribution in [0.15, 0.2) is 38.4 Å². The molecule has 0 saturated heterocycles. The molecule has 2 heterocycles. The highest BCUT2D eigenvalue weighted by Crippen LogP contribution is 2.12. The van der Waals surface area contributed by atoms with Crippen molar-refractivity contribution in [1.82, 2.24) is 25.0 Å². The Hall–Kier alpha value is -3.23. The van der Waals surface area contributed by atoms with Crippen LogP contribution in [-0.2, 0) is 11.3 Å². The molecule has 130 valence electrons. The first-order valence-electron chi connectivity index (χ1n) is 7.81. The maximum Gasteiger partial charge on any atom is 0.329 e. The number of carbonyl (C=O) groups excluding carboxylic acids is 1. The summed E-state index contributed by atoms with van der Waals surface area (Å²) in [5.74, 6) is 0.259. The number of aryl methyl sites for hydroxylation is 1. The van der Waals surface area contributed by atoms with Crippen LogP contribution in [-0.4, -0.2) is 25.6 Å². The number of aromatic amines is 1. The van der Waals surface area contributed by atoms with Crippen LogP contribution >= 0.6 is 0 Å². The number of nitrogens with one attached hydrogen (secondary N) is 2. The van der Waals surface area contributed by atoms with Crippen LogP contribution in [0.2, 0.25) is 0 Å². The zero-order valence-corrected chi connectivity index (χ0v) is 13.8. The molecule has 25 heavy (non-hydrogen) atoms. The summed E-state index contributed by atoms with van der Waals surface area (Å²) in [6, 6.07) is 6.18. The van der Waals surface area contributed by atoms with Crippen LogP contribution in [0, 0.1) is 6.92 Å². The molecule has 0 radical (unpaired) electrons. The number of hydrogen-bond acceptors (Lipinski definition) is 6. The van der Waals surface area contributed by atoms with Gasteiger partial charge < -0.3 is 14.8 Å². The van der Waals surface area contributed by atoms with E-state index in [1.165, 1.54) is 0 Å². The minimum atomic E-state index is -0.637. The van der Waals surface area contributed by atoms with E-state index in [4.69, 9.17) is 4.52 Å². The second kappa shape index (κ2) is 6.71.